The number of benzene rings is 3. The number of rotatable bonds is 3. The van der Waals surface area contributed by atoms with Gasteiger partial charge in [-0.15, -0.1) is 0 Å². The fraction of sp³-hybridized carbons (Fsp3) is 0.208. The van der Waals surface area contributed by atoms with Gasteiger partial charge < -0.3 is 0 Å². The molecule has 3 aromatic carbocycles. The maximum Gasteiger partial charge on any atom is 0.295 e. The van der Waals surface area contributed by atoms with Crippen LogP contribution in [0, 0.1) is 6.92 Å². The van der Waals surface area contributed by atoms with Gasteiger partial charge in [0.1, 0.15) is 5.69 Å². The van der Waals surface area contributed by atoms with Crippen LogP contribution in [0.1, 0.15) is 30.9 Å². The second kappa shape index (κ2) is 6.45. The van der Waals surface area contributed by atoms with Gasteiger partial charge in [-0.2, -0.15) is 4.57 Å². The summed E-state index contributed by atoms with van der Waals surface area (Å²) in [7, 11) is 2.17. The van der Waals surface area contributed by atoms with Crippen molar-refractivity contribution in [1.82, 2.24) is 4.57 Å². The summed E-state index contributed by atoms with van der Waals surface area (Å²) in [6.07, 6.45) is 0. The Labute approximate surface area is 155 Å². The van der Waals surface area contributed by atoms with E-state index in [2.05, 4.69) is 110 Å². The predicted molar refractivity (Wildman–Crippen MR) is 109 cm³/mol. The molecule has 0 unspecified atom stereocenters. The highest BCUT2D eigenvalue weighted by Gasteiger charge is 2.27. The molecule has 4 rings (SSSR count). The summed E-state index contributed by atoms with van der Waals surface area (Å²) < 4.78 is 4.71. The average Bonchev–Trinajstić information content (AvgIpc) is 2.95. The zero-order chi connectivity index (χ0) is 18.3. The number of hydrogen-bond acceptors (Lipinski definition) is 0. The molecule has 2 heteroatoms. The Morgan fingerprint density at radius 3 is 2.23 bits per heavy atom. The number of imidazole rings is 1. The number of aryl methyl sites for hydroxylation is 2. The van der Waals surface area contributed by atoms with E-state index in [1.165, 1.54) is 39.2 Å². The summed E-state index contributed by atoms with van der Waals surface area (Å²) in [6.45, 7) is 6.68. The van der Waals surface area contributed by atoms with Crippen molar-refractivity contribution in [3.05, 3.63) is 83.9 Å². The average molecular weight is 341 g/mol. The van der Waals surface area contributed by atoms with Gasteiger partial charge in [0.25, 0.3) is 5.82 Å². The SMILES string of the molecule is Cc1ccccc1-c1n(-c2ccccc2)c2cc(C(C)C)ccc2[n+]1C. The van der Waals surface area contributed by atoms with Crippen molar-refractivity contribution in [3.8, 4) is 17.1 Å². The molecule has 1 heterocycles. The molecular weight excluding hydrogens is 316 g/mol. The van der Waals surface area contributed by atoms with Crippen LogP contribution in [0.3, 0.4) is 0 Å². The third kappa shape index (κ3) is 2.62. The quantitative estimate of drug-likeness (QED) is 0.432. The van der Waals surface area contributed by atoms with Crippen LogP contribution >= 0.6 is 0 Å². The standard InChI is InChI=1S/C24H25N2/c1-17(2)19-14-15-22-23(16-19)26(20-11-6-5-7-12-20)24(25(22)4)21-13-9-8-10-18(21)3/h5-17H,1-4H3/q+1. The van der Waals surface area contributed by atoms with Crippen molar-refractivity contribution < 1.29 is 4.57 Å². The van der Waals surface area contributed by atoms with E-state index >= 15 is 0 Å². The van der Waals surface area contributed by atoms with Gasteiger partial charge in [-0.25, -0.2) is 4.57 Å². The summed E-state index contributed by atoms with van der Waals surface area (Å²) in [4.78, 5) is 0. The third-order valence-electron chi connectivity index (χ3n) is 5.20. The van der Waals surface area contributed by atoms with Crippen LogP contribution in [0.4, 0.5) is 0 Å². The van der Waals surface area contributed by atoms with E-state index < -0.39 is 0 Å². The van der Waals surface area contributed by atoms with Gasteiger partial charge in [-0.05, 0) is 54.3 Å². The minimum atomic E-state index is 0.505. The molecule has 0 N–H and O–H groups in total. The lowest BCUT2D eigenvalue weighted by Crippen LogP contribution is -2.30. The van der Waals surface area contributed by atoms with Gasteiger partial charge in [0.15, 0.2) is 11.0 Å². The molecule has 0 spiro atoms. The summed E-state index contributed by atoms with van der Waals surface area (Å²) >= 11 is 0. The first kappa shape index (κ1) is 16.6. The Morgan fingerprint density at radius 2 is 1.54 bits per heavy atom. The summed E-state index contributed by atoms with van der Waals surface area (Å²) in [5.41, 5.74) is 7.61. The second-order valence-electron chi connectivity index (χ2n) is 7.27. The van der Waals surface area contributed by atoms with Crippen LogP contribution in [0.25, 0.3) is 28.1 Å². The van der Waals surface area contributed by atoms with Crippen LogP contribution in [-0.2, 0) is 7.05 Å². The zero-order valence-electron chi connectivity index (χ0n) is 15.9. The van der Waals surface area contributed by atoms with E-state index in [4.69, 9.17) is 0 Å². The molecule has 2 nitrogen and oxygen atoms in total. The van der Waals surface area contributed by atoms with Crippen molar-refractivity contribution in [2.24, 2.45) is 7.05 Å². The van der Waals surface area contributed by atoms with Gasteiger partial charge >= 0.3 is 0 Å². The second-order valence-corrected chi connectivity index (χ2v) is 7.27. The maximum atomic E-state index is 2.39. The summed E-state index contributed by atoms with van der Waals surface area (Å²) in [5.74, 6) is 1.72. The normalized spacial score (nSPS) is 11.4. The van der Waals surface area contributed by atoms with Crippen molar-refractivity contribution in [2.45, 2.75) is 26.7 Å². The van der Waals surface area contributed by atoms with Crippen LogP contribution in [0.15, 0.2) is 72.8 Å². The lowest BCUT2D eigenvalue weighted by Gasteiger charge is -2.06. The van der Waals surface area contributed by atoms with Gasteiger partial charge in [-0.3, -0.25) is 0 Å². The molecule has 0 aliphatic rings. The van der Waals surface area contributed by atoms with E-state index in [1.54, 1.807) is 0 Å². The third-order valence-corrected chi connectivity index (χ3v) is 5.20. The lowest BCUT2D eigenvalue weighted by molar-refractivity contribution is -0.633. The van der Waals surface area contributed by atoms with Gasteiger partial charge in [-0.1, -0.05) is 56.3 Å². The van der Waals surface area contributed by atoms with Crippen molar-refractivity contribution in [3.63, 3.8) is 0 Å². The Kier molecular flexibility index (Phi) is 4.12. The zero-order valence-corrected chi connectivity index (χ0v) is 15.9. The van der Waals surface area contributed by atoms with Crippen LogP contribution in [0.5, 0.6) is 0 Å². The highest BCUT2D eigenvalue weighted by atomic mass is 15.2. The number of hydrogen-bond donors (Lipinski definition) is 0. The van der Waals surface area contributed by atoms with Crippen LogP contribution in [-0.4, -0.2) is 4.57 Å². The minimum absolute atomic E-state index is 0.505. The fourth-order valence-corrected chi connectivity index (χ4v) is 3.70. The fourth-order valence-electron chi connectivity index (χ4n) is 3.70. The first-order valence-electron chi connectivity index (χ1n) is 9.23. The molecule has 0 saturated heterocycles. The molecule has 26 heavy (non-hydrogen) atoms. The molecule has 0 bridgehead atoms. The molecule has 0 aliphatic carbocycles. The predicted octanol–water partition coefficient (Wildman–Crippen LogP) is 5.55. The van der Waals surface area contributed by atoms with E-state index in [9.17, 15) is 0 Å². The summed E-state index contributed by atoms with van der Waals surface area (Å²) in [6, 6.07) is 26.1. The van der Waals surface area contributed by atoms with Gasteiger partial charge in [0, 0.05) is 0 Å². The van der Waals surface area contributed by atoms with Gasteiger partial charge in [0.2, 0.25) is 0 Å². The molecule has 0 saturated carbocycles. The molecular formula is C24H25N2+. The monoisotopic (exact) mass is 341 g/mol. The molecule has 0 aliphatic heterocycles. The van der Waals surface area contributed by atoms with Crippen LogP contribution < -0.4 is 4.57 Å². The highest BCUT2D eigenvalue weighted by molar-refractivity contribution is 5.80. The largest absolute Gasteiger partial charge is 0.295 e. The van der Waals surface area contributed by atoms with E-state index in [-0.39, 0.29) is 0 Å². The number of para-hydroxylation sites is 1. The smallest absolute Gasteiger partial charge is 0.225 e. The van der Waals surface area contributed by atoms with Crippen molar-refractivity contribution >= 4 is 11.0 Å². The first-order chi connectivity index (χ1) is 12.6. The van der Waals surface area contributed by atoms with E-state index in [0.29, 0.717) is 5.92 Å². The molecule has 0 radical (unpaired) electrons. The molecule has 0 amide bonds. The topological polar surface area (TPSA) is 8.81 Å². The van der Waals surface area contributed by atoms with E-state index in [0.717, 1.165) is 0 Å². The Balaban J connectivity index is 2.14. The number of nitrogens with zero attached hydrogens (tertiary/aromatic N) is 2. The first-order valence-corrected chi connectivity index (χ1v) is 9.23. The number of fused-ring (bicyclic) bond motifs is 1. The molecule has 0 fully saturated rings. The maximum absolute atomic E-state index is 2.39. The molecule has 4 aromatic rings. The highest BCUT2D eigenvalue weighted by Crippen LogP contribution is 2.30. The van der Waals surface area contributed by atoms with Crippen LogP contribution in [0.2, 0.25) is 0 Å². The van der Waals surface area contributed by atoms with Crippen molar-refractivity contribution in [1.29, 1.82) is 0 Å². The molecule has 130 valence electrons. The summed E-state index contributed by atoms with van der Waals surface area (Å²) in [5, 5.41) is 0. The lowest BCUT2D eigenvalue weighted by atomic mass is 10.0. The minimum Gasteiger partial charge on any atom is -0.225 e. The Hall–Kier alpha value is -2.87. The Morgan fingerprint density at radius 1 is 0.846 bits per heavy atom. The van der Waals surface area contributed by atoms with Crippen molar-refractivity contribution in [2.75, 3.05) is 0 Å². The Bertz CT molecular complexity index is 1070. The van der Waals surface area contributed by atoms with E-state index in [1.807, 2.05) is 0 Å². The molecule has 0 atom stereocenters. The molecule has 1 aromatic heterocycles. The number of aromatic nitrogens is 2. The van der Waals surface area contributed by atoms with Gasteiger partial charge in [0.05, 0.1) is 12.6 Å².